The predicted octanol–water partition coefficient (Wildman–Crippen LogP) is 3.48. The summed E-state index contributed by atoms with van der Waals surface area (Å²) in [5.74, 6) is 1.06. The van der Waals surface area contributed by atoms with Gasteiger partial charge in [0, 0.05) is 30.8 Å². The second-order valence-corrected chi connectivity index (χ2v) is 6.13. The van der Waals surface area contributed by atoms with Crippen LogP contribution in [0.5, 0.6) is 11.5 Å². The smallest absolute Gasteiger partial charge is 0.248 e. The molecule has 1 fully saturated rings. The fourth-order valence-corrected chi connectivity index (χ4v) is 2.94. The lowest BCUT2D eigenvalue weighted by Gasteiger charge is -2.15. The van der Waals surface area contributed by atoms with E-state index < -0.39 is 0 Å². The number of rotatable bonds is 6. The number of benzene rings is 2. The van der Waals surface area contributed by atoms with Gasteiger partial charge in [-0.25, -0.2) is 0 Å². The van der Waals surface area contributed by atoms with Crippen LogP contribution in [0.2, 0.25) is 0 Å². The SMILES string of the molecule is COc1ccc(OC)c(NC(=O)/C=C/c2ccc(N3CCCC3=O)cc2)c1. The van der Waals surface area contributed by atoms with Crippen LogP contribution in [0.25, 0.3) is 6.08 Å². The maximum absolute atomic E-state index is 12.2. The van der Waals surface area contributed by atoms with E-state index >= 15 is 0 Å². The average Bonchev–Trinajstić information content (AvgIpc) is 3.12. The summed E-state index contributed by atoms with van der Waals surface area (Å²) >= 11 is 0. The maximum atomic E-state index is 12.2. The summed E-state index contributed by atoms with van der Waals surface area (Å²) in [6, 6.07) is 12.8. The molecule has 0 unspecified atom stereocenters. The summed E-state index contributed by atoms with van der Waals surface area (Å²) in [6.07, 6.45) is 4.68. The van der Waals surface area contributed by atoms with E-state index in [9.17, 15) is 9.59 Å². The minimum absolute atomic E-state index is 0.157. The third kappa shape index (κ3) is 4.47. The summed E-state index contributed by atoms with van der Waals surface area (Å²) in [5, 5.41) is 2.78. The lowest BCUT2D eigenvalue weighted by molar-refractivity contribution is -0.117. The Bertz CT molecular complexity index is 859. The zero-order valence-electron chi connectivity index (χ0n) is 15.4. The van der Waals surface area contributed by atoms with E-state index in [2.05, 4.69) is 5.32 Å². The molecule has 6 nitrogen and oxygen atoms in total. The molecular formula is C21H22N2O4. The van der Waals surface area contributed by atoms with Crippen molar-refractivity contribution in [2.45, 2.75) is 12.8 Å². The van der Waals surface area contributed by atoms with Gasteiger partial charge in [-0.3, -0.25) is 9.59 Å². The van der Waals surface area contributed by atoms with Crippen LogP contribution < -0.4 is 19.7 Å². The molecule has 3 rings (SSSR count). The van der Waals surface area contributed by atoms with Crippen molar-refractivity contribution < 1.29 is 19.1 Å². The lowest BCUT2D eigenvalue weighted by atomic mass is 10.2. The standard InChI is InChI=1S/C21H22N2O4/c1-26-17-10-11-19(27-2)18(14-17)22-20(24)12-7-15-5-8-16(9-6-15)23-13-3-4-21(23)25/h5-12,14H,3-4,13H2,1-2H3,(H,22,24)/b12-7+. The van der Waals surface area contributed by atoms with Crippen LogP contribution in [0.3, 0.4) is 0 Å². The van der Waals surface area contributed by atoms with Crippen LogP contribution in [0.1, 0.15) is 18.4 Å². The first-order chi connectivity index (χ1) is 13.1. The van der Waals surface area contributed by atoms with Crippen molar-refractivity contribution in [2.24, 2.45) is 0 Å². The number of methoxy groups -OCH3 is 2. The average molecular weight is 366 g/mol. The molecule has 0 aliphatic carbocycles. The van der Waals surface area contributed by atoms with E-state index in [0.717, 1.165) is 24.2 Å². The molecule has 2 amide bonds. The fraction of sp³-hybridized carbons (Fsp3) is 0.238. The van der Waals surface area contributed by atoms with Crippen molar-refractivity contribution in [1.29, 1.82) is 0 Å². The summed E-state index contributed by atoms with van der Waals surface area (Å²) in [7, 11) is 3.10. The molecular weight excluding hydrogens is 344 g/mol. The minimum Gasteiger partial charge on any atom is -0.497 e. The van der Waals surface area contributed by atoms with Crippen LogP contribution in [0.15, 0.2) is 48.5 Å². The van der Waals surface area contributed by atoms with Gasteiger partial charge in [-0.2, -0.15) is 0 Å². The third-order valence-electron chi connectivity index (χ3n) is 4.37. The zero-order valence-corrected chi connectivity index (χ0v) is 15.4. The van der Waals surface area contributed by atoms with Gasteiger partial charge in [-0.05, 0) is 42.3 Å². The van der Waals surface area contributed by atoms with Crippen molar-refractivity contribution in [3.8, 4) is 11.5 Å². The second kappa shape index (κ2) is 8.40. The van der Waals surface area contributed by atoms with Crippen molar-refractivity contribution >= 4 is 29.3 Å². The monoisotopic (exact) mass is 366 g/mol. The van der Waals surface area contributed by atoms with Crippen LogP contribution in [0, 0.1) is 0 Å². The molecule has 0 saturated carbocycles. The van der Waals surface area contributed by atoms with Crippen LogP contribution in [0.4, 0.5) is 11.4 Å². The van der Waals surface area contributed by atoms with E-state index in [0.29, 0.717) is 23.6 Å². The molecule has 1 saturated heterocycles. The molecule has 1 heterocycles. The van der Waals surface area contributed by atoms with Gasteiger partial charge in [0.25, 0.3) is 0 Å². The molecule has 2 aromatic rings. The molecule has 0 bridgehead atoms. The van der Waals surface area contributed by atoms with Gasteiger partial charge in [0.2, 0.25) is 11.8 Å². The normalized spacial score (nSPS) is 13.9. The molecule has 0 atom stereocenters. The summed E-state index contributed by atoms with van der Waals surface area (Å²) in [4.78, 5) is 25.8. The van der Waals surface area contributed by atoms with Gasteiger partial charge in [0.15, 0.2) is 0 Å². The van der Waals surface area contributed by atoms with E-state index in [4.69, 9.17) is 9.47 Å². The number of nitrogens with zero attached hydrogens (tertiary/aromatic N) is 1. The number of hydrogen-bond donors (Lipinski definition) is 1. The van der Waals surface area contributed by atoms with Crippen LogP contribution in [-0.2, 0) is 9.59 Å². The van der Waals surface area contributed by atoms with Gasteiger partial charge in [0.1, 0.15) is 11.5 Å². The van der Waals surface area contributed by atoms with Crippen LogP contribution >= 0.6 is 0 Å². The van der Waals surface area contributed by atoms with Gasteiger partial charge < -0.3 is 19.7 Å². The van der Waals surface area contributed by atoms with Crippen LogP contribution in [-0.4, -0.2) is 32.6 Å². The molecule has 2 aromatic carbocycles. The van der Waals surface area contributed by atoms with E-state index in [1.165, 1.54) is 6.08 Å². The molecule has 1 aliphatic rings. The van der Waals surface area contributed by atoms with Crippen molar-refractivity contribution in [3.63, 3.8) is 0 Å². The van der Waals surface area contributed by atoms with Gasteiger partial charge in [-0.15, -0.1) is 0 Å². The molecule has 27 heavy (non-hydrogen) atoms. The minimum atomic E-state index is -0.277. The fourth-order valence-electron chi connectivity index (χ4n) is 2.94. The Labute approximate surface area is 158 Å². The number of amides is 2. The van der Waals surface area contributed by atoms with Gasteiger partial charge in [-0.1, -0.05) is 12.1 Å². The largest absolute Gasteiger partial charge is 0.497 e. The van der Waals surface area contributed by atoms with Crippen molar-refractivity contribution in [2.75, 3.05) is 31.0 Å². The molecule has 0 radical (unpaired) electrons. The Morgan fingerprint density at radius 2 is 1.89 bits per heavy atom. The highest BCUT2D eigenvalue weighted by Crippen LogP contribution is 2.29. The molecule has 6 heteroatoms. The molecule has 1 aliphatic heterocycles. The number of hydrogen-bond acceptors (Lipinski definition) is 4. The van der Waals surface area contributed by atoms with E-state index in [-0.39, 0.29) is 11.8 Å². The number of ether oxygens (including phenoxy) is 2. The number of carbonyl (C=O) groups excluding carboxylic acids is 2. The van der Waals surface area contributed by atoms with E-state index in [1.54, 1.807) is 43.4 Å². The Hall–Kier alpha value is -3.28. The number of carbonyl (C=O) groups is 2. The first kappa shape index (κ1) is 18.5. The first-order valence-electron chi connectivity index (χ1n) is 8.72. The molecule has 0 aromatic heterocycles. The second-order valence-electron chi connectivity index (χ2n) is 6.13. The molecule has 140 valence electrons. The highest BCUT2D eigenvalue weighted by atomic mass is 16.5. The highest BCUT2D eigenvalue weighted by molar-refractivity contribution is 6.03. The van der Waals surface area contributed by atoms with Gasteiger partial charge >= 0.3 is 0 Å². The summed E-state index contributed by atoms with van der Waals surface area (Å²) < 4.78 is 10.4. The van der Waals surface area contributed by atoms with E-state index in [1.807, 2.05) is 24.3 Å². The quantitative estimate of drug-likeness (QED) is 0.795. The van der Waals surface area contributed by atoms with Crippen molar-refractivity contribution in [3.05, 3.63) is 54.1 Å². The Balaban J connectivity index is 1.65. The maximum Gasteiger partial charge on any atom is 0.248 e. The van der Waals surface area contributed by atoms with Gasteiger partial charge in [0.05, 0.1) is 19.9 Å². The third-order valence-corrected chi connectivity index (χ3v) is 4.37. The Morgan fingerprint density at radius 3 is 2.52 bits per heavy atom. The summed E-state index contributed by atoms with van der Waals surface area (Å²) in [5.41, 5.74) is 2.30. The summed E-state index contributed by atoms with van der Waals surface area (Å²) in [6.45, 7) is 0.763. The Morgan fingerprint density at radius 1 is 1.11 bits per heavy atom. The highest BCUT2D eigenvalue weighted by Gasteiger charge is 2.21. The topological polar surface area (TPSA) is 67.9 Å². The molecule has 1 N–H and O–H groups in total. The molecule has 0 spiro atoms. The number of nitrogens with one attached hydrogen (secondary N) is 1. The van der Waals surface area contributed by atoms with Crippen molar-refractivity contribution in [1.82, 2.24) is 0 Å². The zero-order chi connectivity index (χ0) is 19.2. The number of anilines is 2. The predicted molar refractivity (Wildman–Crippen MR) is 105 cm³/mol. The first-order valence-corrected chi connectivity index (χ1v) is 8.72. The lowest BCUT2D eigenvalue weighted by Crippen LogP contribution is -2.23. The Kier molecular flexibility index (Phi) is 5.76.